The molecule has 8 nitrogen and oxygen atoms in total. The Morgan fingerprint density at radius 2 is 1.75 bits per heavy atom. The number of hydrogen-bond acceptors (Lipinski definition) is 6. The van der Waals surface area contributed by atoms with Crippen molar-refractivity contribution in [1.82, 2.24) is 14.9 Å². The fraction of sp³-hybridized carbons (Fsp3) is 0.100. The van der Waals surface area contributed by atoms with Gasteiger partial charge in [-0.05, 0) is 12.1 Å². The Morgan fingerprint density at radius 3 is 2.54 bits per heavy atom. The number of nitrogens with one attached hydrogen (secondary N) is 1. The zero-order chi connectivity index (χ0) is 19.5. The summed E-state index contributed by atoms with van der Waals surface area (Å²) in [5, 5.41) is 6.76. The lowest BCUT2D eigenvalue weighted by atomic mass is 10.2. The summed E-state index contributed by atoms with van der Waals surface area (Å²) >= 11 is 0. The monoisotopic (exact) mass is 377 g/mol. The zero-order valence-electron chi connectivity index (χ0n) is 14.6. The van der Waals surface area contributed by atoms with Crippen molar-refractivity contribution >= 4 is 16.7 Å². The van der Waals surface area contributed by atoms with E-state index < -0.39 is 23.6 Å². The lowest BCUT2D eigenvalue weighted by Gasteiger charge is -2.06. The number of aromatic nitrogens is 3. The number of H-pyrrole nitrogens is 1. The molecule has 0 bridgehead atoms. The molecular weight excluding hydrogens is 362 g/mol. The first-order valence-corrected chi connectivity index (χ1v) is 8.50. The number of carbonyl (C=O) groups is 1. The molecule has 1 N–H and O–H groups in total. The summed E-state index contributed by atoms with van der Waals surface area (Å²) in [5.74, 6) is -0.126. The predicted molar refractivity (Wildman–Crippen MR) is 101 cm³/mol. The van der Waals surface area contributed by atoms with Crippen molar-refractivity contribution in [3.8, 4) is 11.3 Å². The lowest BCUT2D eigenvalue weighted by Crippen LogP contribution is -2.32. The molecule has 2 heterocycles. The summed E-state index contributed by atoms with van der Waals surface area (Å²) in [5.41, 5.74) is 0.367. The molecule has 0 radical (unpaired) electrons. The number of ether oxygens (including phenoxy) is 1. The first-order valence-electron chi connectivity index (χ1n) is 8.50. The Balaban J connectivity index is 1.45. The third kappa shape index (κ3) is 3.48. The molecule has 0 unspecified atom stereocenters. The highest BCUT2D eigenvalue weighted by Gasteiger charge is 2.13. The molecule has 0 aliphatic rings. The van der Waals surface area contributed by atoms with Gasteiger partial charge in [0.25, 0.3) is 11.1 Å². The third-order valence-electron chi connectivity index (χ3n) is 4.17. The van der Waals surface area contributed by atoms with Gasteiger partial charge in [0.2, 0.25) is 0 Å². The summed E-state index contributed by atoms with van der Waals surface area (Å²) in [4.78, 5) is 36.6. The Bertz CT molecular complexity index is 1250. The van der Waals surface area contributed by atoms with Crippen molar-refractivity contribution in [2.75, 3.05) is 0 Å². The van der Waals surface area contributed by atoms with E-state index in [1.165, 1.54) is 6.07 Å². The topological polar surface area (TPSA) is 107 Å². The Kier molecular flexibility index (Phi) is 4.59. The first-order chi connectivity index (χ1) is 13.6. The number of nitrogens with zero attached hydrogens (tertiary/aromatic N) is 2. The predicted octanol–water partition coefficient (Wildman–Crippen LogP) is 2.09. The van der Waals surface area contributed by atoms with E-state index in [1.54, 1.807) is 24.3 Å². The van der Waals surface area contributed by atoms with Crippen LogP contribution in [-0.2, 0) is 22.7 Å². The van der Waals surface area contributed by atoms with E-state index in [2.05, 4.69) is 10.3 Å². The van der Waals surface area contributed by atoms with Crippen LogP contribution in [0.25, 0.3) is 22.1 Å². The van der Waals surface area contributed by atoms with Crippen LogP contribution in [0.5, 0.6) is 0 Å². The van der Waals surface area contributed by atoms with Crippen LogP contribution >= 0.6 is 0 Å². The second-order valence-corrected chi connectivity index (χ2v) is 6.09. The van der Waals surface area contributed by atoms with Crippen LogP contribution in [-0.4, -0.2) is 20.9 Å². The van der Waals surface area contributed by atoms with Gasteiger partial charge in [-0.25, -0.2) is 4.68 Å². The zero-order valence-corrected chi connectivity index (χ0v) is 14.6. The Hall–Kier alpha value is -3.94. The molecule has 0 spiro atoms. The van der Waals surface area contributed by atoms with Gasteiger partial charge in [0.05, 0.1) is 10.8 Å². The molecule has 4 aromatic rings. The molecule has 0 fully saturated rings. The van der Waals surface area contributed by atoms with Gasteiger partial charge in [0, 0.05) is 11.6 Å². The number of hydrogen-bond donors (Lipinski definition) is 1. The van der Waals surface area contributed by atoms with Crippen LogP contribution in [0.4, 0.5) is 0 Å². The number of carbonyl (C=O) groups excluding carboxylic acids is 1. The molecule has 8 heteroatoms. The molecule has 0 aliphatic carbocycles. The summed E-state index contributed by atoms with van der Waals surface area (Å²) < 4.78 is 11.3. The average molecular weight is 377 g/mol. The van der Waals surface area contributed by atoms with Crippen LogP contribution in [0.2, 0.25) is 0 Å². The molecular formula is C20H15N3O5. The number of esters is 1. The van der Waals surface area contributed by atoms with Gasteiger partial charge in [0.15, 0.2) is 5.76 Å². The maximum atomic E-state index is 12.4. The highest BCUT2D eigenvalue weighted by molar-refractivity contribution is 5.80. The highest BCUT2D eigenvalue weighted by atomic mass is 16.5. The molecule has 0 amide bonds. The summed E-state index contributed by atoms with van der Waals surface area (Å²) in [6.07, 6.45) is 0. The Labute approximate surface area is 158 Å². The minimum absolute atomic E-state index is 0.109. The lowest BCUT2D eigenvalue weighted by molar-refractivity contribution is -0.146. The number of aromatic amines is 1. The van der Waals surface area contributed by atoms with Gasteiger partial charge in [-0.1, -0.05) is 47.6 Å². The van der Waals surface area contributed by atoms with Crippen molar-refractivity contribution in [3.05, 3.63) is 87.1 Å². The molecule has 28 heavy (non-hydrogen) atoms. The average Bonchev–Trinajstić information content (AvgIpc) is 3.20. The quantitative estimate of drug-likeness (QED) is 0.534. The summed E-state index contributed by atoms with van der Waals surface area (Å²) in [6, 6.07) is 17.5. The van der Waals surface area contributed by atoms with Crippen LogP contribution in [0.3, 0.4) is 0 Å². The largest absolute Gasteiger partial charge is 0.458 e. The van der Waals surface area contributed by atoms with Crippen molar-refractivity contribution in [2.45, 2.75) is 13.2 Å². The van der Waals surface area contributed by atoms with Crippen molar-refractivity contribution in [1.29, 1.82) is 0 Å². The van der Waals surface area contributed by atoms with Crippen molar-refractivity contribution in [2.24, 2.45) is 0 Å². The highest BCUT2D eigenvalue weighted by Crippen LogP contribution is 2.19. The SMILES string of the molecule is O=C(Cn1[nH]c(=O)c2ccccc2c1=O)OCc1cc(-c2ccccc2)on1. The van der Waals surface area contributed by atoms with Gasteiger partial charge < -0.3 is 9.26 Å². The third-order valence-corrected chi connectivity index (χ3v) is 4.17. The number of benzene rings is 2. The van der Waals surface area contributed by atoms with Crippen LogP contribution < -0.4 is 11.1 Å². The number of rotatable bonds is 5. The minimum atomic E-state index is -0.683. The minimum Gasteiger partial charge on any atom is -0.458 e. The Morgan fingerprint density at radius 1 is 1.04 bits per heavy atom. The van der Waals surface area contributed by atoms with Crippen LogP contribution in [0.1, 0.15) is 5.69 Å². The second-order valence-electron chi connectivity index (χ2n) is 6.09. The van der Waals surface area contributed by atoms with Gasteiger partial charge in [-0.15, -0.1) is 0 Å². The standard InChI is InChI=1S/C20H15N3O5/c24-18(11-23-20(26)16-9-5-4-8-15(16)19(25)21-23)27-12-14-10-17(28-22-14)13-6-2-1-3-7-13/h1-10H,11-12H2,(H,21,25). The van der Waals surface area contributed by atoms with Crippen molar-refractivity contribution < 1.29 is 14.1 Å². The smallest absolute Gasteiger partial charge is 0.328 e. The molecule has 0 atom stereocenters. The molecule has 0 aliphatic heterocycles. The molecule has 0 saturated heterocycles. The second kappa shape index (κ2) is 7.36. The maximum Gasteiger partial charge on any atom is 0.328 e. The van der Waals surface area contributed by atoms with E-state index in [4.69, 9.17) is 9.26 Å². The fourth-order valence-electron chi connectivity index (χ4n) is 2.81. The normalized spacial score (nSPS) is 10.9. The van der Waals surface area contributed by atoms with Crippen LogP contribution in [0.15, 0.2) is 74.8 Å². The number of fused-ring (bicyclic) bond motifs is 1. The van der Waals surface area contributed by atoms with E-state index in [9.17, 15) is 14.4 Å². The first kappa shape index (κ1) is 17.5. The molecule has 0 saturated carbocycles. The van der Waals surface area contributed by atoms with Gasteiger partial charge in [-0.2, -0.15) is 0 Å². The fourth-order valence-corrected chi connectivity index (χ4v) is 2.81. The summed E-state index contributed by atoms with van der Waals surface area (Å²) in [7, 11) is 0. The molecule has 2 aromatic carbocycles. The van der Waals surface area contributed by atoms with E-state index in [0.717, 1.165) is 10.2 Å². The molecule has 4 rings (SSSR count). The molecule has 140 valence electrons. The van der Waals surface area contributed by atoms with Gasteiger partial charge in [0.1, 0.15) is 18.8 Å². The van der Waals surface area contributed by atoms with Gasteiger partial charge >= 0.3 is 5.97 Å². The van der Waals surface area contributed by atoms with Crippen LogP contribution in [0, 0.1) is 0 Å². The van der Waals surface area contributed by atoms with Gasteiger partial charge in [-0.3, -0.25) is 19.5 Å². The van der Waals surface area contributed by atoms with Crippen molar-refractivity contribution in [3.63, 3.8) is 0 Å². The van der Waals surface area contributed by atoms with E-state index in [-0.39, 0.29) is 17.4 Å². The van der Waals surface area contributed by atoms with E-state index >= 15 is 0 Å². The van der Waals surface area contributed by atoms with E-state index in [0.29, 0.717) is 11.5 Å². The summed E-state index contributed by atoms with van der Waals surface area (Å²) in [6.45, 7) is -0.524. The maximum absolute atomic E-state index is 12.4. The molecule has 2 aromatic heterocycles. The van der Waals surface area contributed by atoms with E-state index in [1.807, 2.05) is 30.3 Å².